The second-order valence-corrected chi connectivity index (χ2v) is 13.9. The first-order valence-electron chi connectivity index (χ1n) is 17.7. The molecule has 1 spiro atoms. The second kappa shape index (κ2) is 14.8. The molecule has 2 aromatic rings. The van der Waals surface area contributed by atoms with Crippen LogP contribution in [0.5, 0.6) is 11.5 Å². The average Bonchev–Trinajstić information content (AvgIpc) is 3.64. The van der Waals surface area contributed by atoms with Gasteiger partial charge in [0.25, 0.3) is 5.91 Å². The van der Waals surface area contributed by atoms with E-state index in [-0.39, 0.29) is 17.7 Å². The Morgan fingerprint density at radius 2 is 1.57 bits per heavy atom. The lowest BCUT2D eigenvalue weighted by molar-refractivity contribution is -0.180. The minimum absolute atomic E-state index is 0.0386. The molecule has 3 aliphatic heterocycles. The van der Waals surface area contributed by atoms with E-state index in [2.05, 4.69) is 29.3 Å². The van der Waals surface area contributed by atoms with Crippen LogP contribution in [0.15, 0.2) is 48.5 Å². The number of ether oxygens (including phenoxy) is 1. The molecular formula is C37H52N4O5. The van der Waals surface area contributed by atoms with Gasteiger partial charge in [0.05, 0.1) is 12.1 Å². The summed E-state index contributed by atoms with van der Waals surface area (Å²) in [4.78, 5) is 32.8. The van der Waals surface area contributed by atoms with Crippen molar-refractivity contribution in [1.29, 1.82) is 0 Å². The van der Waals surface area contributed by atoms with Crippen LogP contribution in [-0.4, -0.2) is 93.4 Å². The van der Waals surface area contributed by atoms with Gasteiger partial charge in [0, 0.05) is 44.8 Å². The molecule has 3 heterocycles. The number of unbranched alkanes of at least 4 members (excludes halogenated alkanes) is 1. The first-order chi connectivity index (χ1) is 22.4. The summed E-state index contributed by atoms with van der Waals surface area (Å²) in [7, 11) is 0. The first kappa shape index (κ1) is 32.9. The zero-order valence-electron chi connectivity index (χ0n) is 27.4. The number of likely N-dealkylation sites (tertiary alicyclic amines) is 2. The summed E-state index contributed by atoms with van der Waals surface area (Å²) < 4.78 is 6.06. The Balaban J connectivity index is 1.04. The Kier molecular flexibility index (Phi) is 10.6. The van der Waals surface area contributed by atoms with Crippen LogP contribution in [0.3, 0.4) is 0 Å². The monoisotopic (exact) mass is 632 g/mol. The molecule has 2 amide bonds. The van der Waals surface area contributed by atoms with Crippen molar-refractivity contribution < 1.29 is 24.5 Å². The lowest BCUT2D eigenvalue weighted by Gasteiger charge is -2.55. The molecule has 3 atom stereocenters. The fourth-order valence-electron chi connectivity index (χ4n) is 8.06. The normalized spacial score (nSPS) is 25.0. The predicted molar refractivity (Wildman–Crippen MR) is 177 cm³/mol. The second-order valence-electron chi connectivity index (χ2n) is 13.9. The number of piperidine rings is 1. The molecule has 1 saturated carbocycles. The highest BCUT2D eigenvalue weighted by Crippen LogP contribution is 2.38. The highest BCUT2D eigenvalue weighted by molar-refractivity contribution is 5.94. The van der Waals surface area contributed by atoms with Crippen LogP contribution in [0.4, 0.5) is 0 Å². The van der Waals surface area contributed by atoms with Crippen molar-refractivity contribution in [2.75, 3.05) is 32.7 Å². The standard InChI is InChI=1S/C37H52N4O5/c1-2-3-23-41-35(44)32(33(42)28-9-5-4-6-10-28)38-36(45)37(41)19-24-39(25-20-37)26-27-11-15-30(16-12-27)46-31-17-13-29(14-18-31)34(43)40-21-7-8-22-40/h11-18,28,32-33,35,42,44H,2-10,19-26H2,1H3,(H,38,45)/t32-,33-,35?/m1/s1. The van der Waals surface area contributed by atoms with E-state index in [4.69, 9.17) is 4.74 Å². The summed E-state index contributed by atoms with van der Waals surface area (Å²) in [6, 6.07) is 14.8. The number of benzene rings is 2. The smallest absolute Gasteiger partial charge is 0.253 e. The van der Waals surface area contributed by atoms with E-state index in [1.165, 1.54) is 12.0 Å². The molecule has 250 valence electrons. The summed E-state index contributed by atoms with van der Waals surface area (Å²) in [5, 5.41) is 26.0. The molecule has 9 heteroatoms. The van der Waals surface area contributed by atoms with Crippen molar-refractivity contribution in [3.05, 3.63) is 59.7 Å². The number of nitrogens with zero attached hydrogens (tertiary/aromatic N) is 3. The zero-order chi connectivity index (χ0) is 32.1. The molecule has 4 fully saturated rings. The van der Waals surface area contributed by atoms with E-state index in [1.54, 1.807) is 0 Å². The van der Waals surface area contributed by atoms with Crippen LogP contribution in [0, 0.1) is 5.92 Å². The number of carbonyl (C=O) groups is 2. The Hall–Kier alpha value is -2.98. The van der Waals surface area contributed by atoms with Crippen LogP contribution in [0.1, 0.15) is 93.5 Å². The molecule has 0 radical (unpaired) electrons. The third-order valence-electron chi connectivity index (χ3n) is 10.9. The lowest BCUT2D eigenvalue weighted by atomic mass is 9.77. The van der Waals surface area contributed by atoms with Crippen molar-refractivity contribution in [3.8, 4) is 11.5 Å². The average molecular weight is 633 g/mol. The molecule has 3 saturated heterocycles. The molecule has 1 aliphatic carbocycles. The van der Waals surface area contributed by atoms with E-state index >= 15 is 0 Å². The number of hydrogen-bond acceptors (Lipinski definition) is 7. The number of amides is 2. The molecule has 0 aromatic heterocycles. The largest absolute Gasteiger partial charge is 0.457 e. The van der Waals surface area contributed by atoms with Crippen LogP contribution < -0.4 is 10.1 Å². The zero-order valence-corrected chi connectivity index (χ0v) is 27.4. The van der Waals surface area contributed by atoms with E-state index < -0.39 is 23.9 Å². The maximum absolute atomic E-state index is 13.8. The van der Waals surface area contributed by atoms with Gasteiger partial charge in [-0.05, 0) is 92.8 Å². The third kappa shape index (κ3) is 7.13. The fraction of sp³-hybridized carbons (Fsp3) is 0.622. The minimum atomic E-state index is -0.887. The van der Waals surface area contributed by atoms with Gasteiger partial charge < -0.3 is 25.2 Å². The maximum atomic E-state index is 13.8. The Morgan fingerprint density at radius 3 is 2.20 bits per heavy atom. The number of piperazine rings is 1. The molecule has 2 aromatic carbocycles. The first-order valence-corrected chi connectivity index (χ1v) is 17.7. The number of aliphatic hydroxyl groups is 2. The third-order valence-corrected chi connectivity index (χ3v) is 10.9. The van der Waals surface area contributed by atoms with Gasteiger partial charge in [0.1, 0.15) is 23.3 Å². The topological polar surface area (TPSA) is 106 Å². The van der Waals surface area contributed by atoms with Crippen molar-refractivity contribution in [2.24, 2.45) is 5.92 Å². The number of rotatable bonds is 10. The van der Waals surface area contributed by atoms with Gasteiger partial charge in [-0.25, -0.2) is 0 Å². The van der Waals surface area contributed by atoms with Crippen molar-refractivity contribution >= 4 is 11.8 Å². The van der Waals surface area contributed by atoms with Gasteiger partial charge >= 0.3 is 0 Å². The number of carbonyl (C=O) groups excluding carboxylic acids is 2. The highest BCUT2D eigenvalue weighted by Gasteiger charge is 2.55. The molecular weight excluding hydrogens is 580 g/mol. The Bertz CT molecular complexity index is 1300. The van der Waals surface area contributed by atoms with Gasteiger partial charge in [-0.2, -0.15) is 0 Å². The quantitative estimate of drug-likeness (QED) is 0.342. The van der Waals surface area contributed by atoms with E-state index in [9.17, 15) is 19.8 Å². The van der Waals surface area contributed by atoms with Gasteiger partial charge in [0.2, 0.25) is 5.91 Å². The molecule has 9 nitrogen and oxygen atoms in total. The van der Waals surface area contributed by atoms with Crippen molar-refractivity contribution in [2.45, 2.75) is 108 Å². The van der Waals surface area contributed by atoms with Crippen LogP contribution in [0.25, 0.3) is 0 Å². The molecule has 4 aliphatic rings. The van der Waals surface area contributed by atoms with E-state index in [0.717, 1.165) is 89.8 Å². The summed E-state index contributed by atoms with van der Waals surface area (Å²) in [5.41, 5.74) is 1.11. The van der Waals surface area contributed by atoms with Crippen LogP contribution in [0.2, 0.25) is 0 Å². The lowest BCUT2D eigenvalue weighted by Crippen LogP contribution is -2.76. The molecule has 46 heavy (non-hydrogen) atoms. The Morgan fingerprint density at radius 1 is 0.935 bits per heavy atom. The molecule has 3 N–H and O–H groups in total. The number of aliphatic hydroxyl groups excluding tert-OH is 2. The number of nitrogens with one attached hydrogen (secondary N) is 1. The molecule has 0 bridgehead atoms. The SMILES string of the molecule is CCCCN1C(O)[C@@H]([C@H](O)C2CCCCC2)NC(=O)C12CCN(Cc1ccc(Oc3ccc(C(=O)N4CCCC4)cc3)cc1)CC2. The minimum Gasteiger partial charge on any atom is -0.457 e. The van der Waals surface area contributed by atoms with E-state index in [1.807, 2.05) is 46.2 Å². The van der Waals surface area contributed by atoms with E-state index in [0.29, 0.717) is 30.7 Å². The summed E-state index contributed by atoms with van der Waals surface area (Å²) in [5.74, 6) is 1.61. The fourth-order valence-corrected chi connectivity index (χ4v) is 8.06. The highest BCUT2D eigenvalue weighted by atomic mass is 16.5. The van der Waals surface area contributed by atoms with Gasteiger partial charge in [-0.1, -0.05) is 44.7 Å². The van der Waals surface area contributed by atoms with Gasteiger partial charge in [-0.15, -0.1) is 0 Å². The van der Waals surface area contributed by atoms with Crippen molar-refractivity contribution in [1.82, 2.24) is 20.0 Å². The van der Waals surface area contributed by atoms with Crippen molar-refractivity contribution in [3.63, 3.8) is 0 Å². The Labute approximate surface area is 273 Å². The molecule has 1 unspecified atom stereocenters. The predicted octanol–water partition coefficient (Wildman–Crippen LogP) is 4.91. The molecule has 6 rings (SSSR count). The van der Waals surface area contributed by atoms with Crippen LogP contribution in [-0.2, 0) is 11.3 Å². The van der Waals surface area contributed by atoms with Gasteiger partial charge in [-0.3, -0.25) is 19.4 Å². The summed E-state index contributed by atoms with van der Waals surface area (Å²) in [6.45, 7) is 6.72. The number of hydrogen-bond donors (Lipinski definition) is 3. The summed E-state index contributed by atoms with van der Waals surface area (Å²) >= 11 is 0. The van der Waals surface area contributed by atoms with Crippen LogP contribution >= 0.6 is 0 Å². The maximum Gasteiger partial charge on any atom is 0.253 e. The summed E-state index contributed by atoms with van der Waals surface area (Å²) in [6.07, 6.45) is 9.01. The van der Waals surface area contributed by atoms with Gasteiger partial charge in [0.15, 0.2) is 0 Å².